The first kappa shape index (κ1) is 23.8. The number of rotatable bonds is 6. The summed E-state index contributed by atoms with van der Waals surface area (Å²) in [5, 5.41) is 4.74. The molecule has 36 heavy (non-hydrogen) atoms. The van der Waals surface area contributed by atoms with Gasteiger partial charge in [-0.3, -0.25) is 9.48 Å². The average molecular weight is 503 g/mol. The van der Waals surface area contributed by atoms with Gasteiger partial charge in [0, 0.05) is 50.1 Å². The Morgan fingerprint density at radius 2 is 1.67 bits per heavy atom. The van der Waals surface area contributed by atoms with Crippen LogP contribution in [0.15, 0.2) is 88.9 Å². The first-order valence-corrected chi connectivity index (χ1v) is 12.8. The first-order chi connectivity index (χ1) is 17.2. The second-order valence-corrected chi connectivity index (χ2v) is 10.5. The predicted molar refractivity (Wildman–Crippen MR) is 138 cm³/mol. The zero-order chi connectivity index (χ0) is 25.6. The molecule has 0 aliphatic rings. The Bertz CT molecular complexity index is 1750. The van der Waals surface area contributed by atoms with Crippen molar-refractivity contribution in [2.45, 2.75) is 17.9 Å². The second kappa shape index (κ2) is 8.92. The Labute approximate surface area is 209 Å². The standard InChI is InChI=1S/C27H26N4O4S/c1-18-10-8-9-13-24(18)36(33,34)31-23(20-15-28-30(3)16-20)14-21-22(17-29(2)27(32)25(21)31)26(35-4)19-11-6-5-7-12-19/h5-17,26H,1-4H3. The SMILES string of the molecule is COC(c1ccccc1)c1cn(C)c(=O)c2c1cc(-c1cnn(C)c1)n2S(=O)(=O)c1ccccc1C. The minimum Gasteiger partial charge on any atom is -0.372 e. The van der Waals surface area contributed by atoms with Gasteiger partial charge >= 0.3 is 0 Å². The van der Waals surface area contributed by atoms with Gasteiger partial charge in [0.2, 0.25) is 0 Å². The summed E-state index contributed by atoms with van der Waals surface area (Å²) in [6.45, 7) is 1.74. The Morgan fingerprint density at radius 3 is 2.31 bits per heavy atom. The zero-order valence-corrected chi connectivity index (χ0v) is 21.2. The van der Waals surface area contributed by atoms with E-state index in [1.165, 1.54) is 4.57 Å². The predicted octanol–water partition coefficient (Wildman–Crippen LogP) is 4.02. The normalized spacial score (nSPS) is 12.8. The van der Waals surface area contributed by atoms with Crippen molar-refractivity contribution in [1.82, 2.24) is 18.3 Å². The summed E-state index contributed by atoms with van der Waals surface area (Å²) in [6.07, 6.45) is 4.52. The number of aryl methyl sites for hydroxylation is 3. The highest BCUT2D eigenvalue weighted by Crippen LogP contribution is 2.37. The van der Waals surface area contributed by atoms with E-state index in [1.807, 2.05) is 30.3 Å². The molecule has 2 aromatic carbocycles. The number of ether oxygens (including phenoxy) is 1. The molecule has 5 rings (SSSR count). The van der Waals surface area contributed by atoms with Gasteiger partial charge in [0.1, 0.15) is 11.6 Å². The van der Waals surface area contributed by atoms with E-state index in [1.54, 1.807) is 81.7 Å². The summed E-state index contributed by atoms with van der Waals surface area (Å²) in [6, 6.07) is 18.1. The van der Waals surface area contributed by atoms with Gasteiger partial charge in [-0.15, -0.1) is 0 Å². The molecule has 0 saturated carbocycles. The van der Waals surface area contributed by atoms with Crippen molar-refractivity contribution < 1.29 is 13.2 Å². The highest BCUT2D eigenvalue weighted by Gasteiger charge is 2.30. The number of benzene rings is 2. The lowest BCUT2D eigenvalue weighted by Gasteiger charge is -2.19. The van der Waals surface area contributed by atoms with Crippen LogP contribution in [0.4, 0.5) is 0 Å². The molecule has 0 radical (unpaired) electrons. The highest BCUT2D eigenvalue weighted by atomic mass is 32.2. The number of methoxy groups -OCH3 is 1. The molecular weight excluding hydrogens is 476 g/mol. The van der Waals surface area contributed by atoms with Gasteiger partial charge < -0.3 is 9.30 Å². The Hall–Kier alpha value is -3.95. The molecule has 3 heterocycles. The van der Waals surface area contributed by atoms with E-state index in [-0.39, 0.29) is 10.4 Å². The Kier molecular flexibility index (Phi) is 5.89. The van der Waals surface area contributed by atoms with Crippen molar-refractivity contribution in [2.75, 3.05) is 7.11 Å². The van der Waals surface area contributed by atoms with Crippen LogP contribution in [-0.4, -0.2) is 33.8 Å². The van der Waals surface area contributed by atoms with Gasteiger partial charge in [-0.2, -0.15) is 5.10 Å². The molecule has 3 aromatic heterocycles. The monoisotopic (exact) mass is 502 g/mol. The maximum absolute atomic E-state index is 14.2. The summed E-state index contributed by atoms with van der Waals surface area (Å²) < 4.78 is 38.4. The van der Waals surface area contributed by atoms with Crippen molar-refractivity contribution in [1.29, 1.82) is 0 Å². The van der Waals surface area contributed by atoms with E-state index in [0.717, 1.165) is 9.54 Å². The van der Waals surface area contributed by atoms with Crippen LogP contribution in [0.5, 0.6) is 0 Å². The van der Waals surface area contributed by atoms with Crippen molar-refractivity contribution in [2.24, 2.45) is 14.1 Å². The molecule has 0 amide bonds. The first-order valence-electron chi connectivity index (χ1n) is 11.4. The molecule has 0 aliphatic carbocycles. The minimum absolute atomic E-state index is 0.0649. The van der Waals surface area contributed by atoms with Crippen LogP contribution < -0.4 is 5.56 Å². The van der Waals surface area contributed by atoms with Gasteiger partial charge in [0.25, 0.3) is 15.6 Å². The lowest BCUT2D eigenvalue weighted by Crippen LogP contribution is -2.24. The van der Waals surface area contributed by atoms with E-state index in [0.29, 0.717) is 27.8 Å². The highest BCUT2D eigenvalue weighted by molar-refractivity contribution is 7.90. The number of fused-ring (bicyclic) bond motifs is 1. The van der Waals surface area contributed by atoms with E-state index >= 15 is 0 Å². The molecule has 184 valence electrons. The Morgan fingerprint density at radius 1 is 0.972 bits per heavy atom. The van der Waals surface area contributed by atoms with Gasteiger partial charge in [-0.05, 0) is 30.2 Å². The fraction of sp³-hybridized carbons (Fsp3) is 0.185. The quantitative estimate of drug-likeness (QED) is 0.350. The second-order valence-electron chi connectivity index (χ2n) is 8.76. The molecule has 0 spiro atoms. The largest absolute Gasteiger partial charge is 0.372 e. The third kappa shape index (κ3) is 3.77. The molecule has 9 heteroatoms. The maximum atomic E-state index is 14.2. The van der Waals surface area contributed by atoms with Gasteiger partial charge in [-0.1, -0.05) is 48.5 Å². The molecule has 0 saturated heterocycles. The van der Waals surface area contributed by atoms with Crippen LogP contribution >= 0.6 is 0 Å². The van der Waals surface area contributed by atoms with E-state index in [2.05, 4.69) is 5.10 Å². The van der Waals surface area contributed by atoms with Crippen LogP contribution in [0.2, 0.25) is 0 Å². The zero-order valence-electron chi connectivity index (χ0n) is 20.4. The summed E-state index contributed by atoms with van der Waals surface area (Å²) >= 11 is 0. The third-order valence-electron chi connectivity index (χ3n) is 6.36. The van der Waals surface area contributed by atoms with Crippen LogP contribution in [0, 0.1) is 6.92 Å². The van der Waals surface area contributed by atoms with Gasteiger partial charge in [0.05, 0.1) is 16.8 Å². The average Bonchev–Trinajstić information content (AvgIpc) is 3.48. The molecule has 0 aliphatic heterocycles. The molecular formula is C27H26N4O4S. The number of aromatic nitrogens is 4. The molecule has 5 aromatic rings. The van der Waals surface area contributed by atoms with Gasteiger partial charge in [-0.25, -0.2) is 12.4 Å². The minimum atomic E-state index is -4.15. The fourth-order valence-corrected chi connectivity index (χ4v) is 6.40. The summed E-state index contributed by atoms with van der Waals surface area (Å²) in [5.41, 5.74) is 2.73. The molecule has 0 N–H and O–H groups in total. The molecule has 8 nitrogen and oxygen atoms in total. The van der Waals surface area contributed by atoms with Crippen molar-refractivity contribution in [3.63, 3.8) is 0 Å². The van der Waals surface area contributed by atoms with Crippen molar-refractivity contribution in [3.05, 3.63) is 106 Å². The lowest BCUT2D eigenvalue weighted by atomic mass is 9.99. The summed E-state index contributed by atoms with van der Waals surface area (Å²) in [7, 11) is 0.818. The molecule has 0 bridgehead atoms. The topological polar surface area (TPSA) is 88.1 Å². The third-order valence-corrected chi connectivity index (χ3v) is 8.23. The van der Waals surface area contributed by atoms with E-state index < -0.39 is 21.7 Å². The maximum Gasteiger partial charge on any atom is 0.275 e. The van der Waals surface area contributed by atoms with Crippen LogP contribution in [-0.2, 0) is 28.9 Å². The van der Waals surface area contributed by atoms with Crippen molar-refractivity contribution in [3.8, 4) is 11.3 Å². The summed E-state index contributed by atoms with van der Waals surface area (Å²) in [4.78, 5) is 13.7. The van der Waals surface area contributed by atoms with Crippen LogP contribution in [0.3, 0.4) is 0 Å². The number of hydrogen-bond donors (Lipinski definition) is 0. The molecule has 0 fully saturated rings. The lowest BCUT2D eigenvalue weighted by molar-refractivity contribution is 0.137. The number of hydrogen-bond acceptors (Lipinski definition) is 5. The molecule has 1 unspecified atom stereocenters. The summed E-state index contributed by atoms with van der Waals surface area (Å²) in [5.74, 6) is 0. The molecule has 1 atom stereocenters. The smallest absolute Gasteiger partial charge is 0.275 e. The van der Waals surface area contributed by atoms with Gasteiger partial charge in [0.15, 0.2) is 0 Å². The Balaban J connectivity index is 1.93. The van der Waals surface area contributed by atoms with Crippen LogP contribution in [0.25, 0.3) is 22.2 Å². The fourth-order valence-electron chi connectivity index (χ4n) is 4.65. The van der Waals surface area contributed by atoms with Crippen molar-refractivity contribution >= 4 is 20.9 Å². The van der Waals surface area contributed by atoms with E-state index in [4.69, 9.17) is 4.74 Å². The number of nitrogens with zero attached hydrogens (tertiary/aromatic N) is 4. The number of pyridine rings is 1. The van der Waals surface area contributed by atoms with E-state index in [9.17, 15) is 13.2 Å². The van der Waals surface area contributed by atoms with Crippen LogP contribution in [0.1, 0.15) is 22.8 Å².